The second-order valence-corrected chi connectivity index (χ2v) is 4.06. The number of rotatable bonds is 4. The van der Waals surface area contributed by atoms with Crippen LogP contribution in [0.5, 0.6) is 0 Å². The maximum absolute atomic E-state index is 10.7. The van der Waals surface area contributed by atoms with Crippen LogP contribution in [-0.4, -0.2) is 47.7 Å². The van der Waals surface area contributed by atoms with E-state index in [-0.39, 0.29) is 6.54 Å². The summed E-state index contributed by atoms with van der Waals surface area (Å²) in [5, 5.41) is 13.1. The second-order valence-electron chi connectivity index (χ2n) is 4.06. The minimum absolute atomic E-state index is 0.155. The molecule has 14 heavy (non-hydrogen) atoms. The minimum atomic E-state index is -0.735. The summed E-state index contributed by atoms with van der Waals surface area (Å²) < 4.78 is 0. The van der Waals surface area contributed by atoms with Gasteiger partial charge in [0, 0.05) is 25.2 Å². The molecule has 1 aliphatic rings. The van der Waals surface area contributed by atoms with Crippen LogP contribution >= 0.6 is 0 Å². The molecule has 1 heterocycles. The Morgan fingerprint density at radius 3 is 2.50 bits per heavy atom. The molecule has 1 fully saturated rings. The lowest BCUT2D eigenvalue weighted by atomic mass is 10.0. The van der Waals surface area contributed by atoms with Crippen molar-refractivity contribution in [2.75, 3.05) is 19.6 Å². The van der Waals surface area contributed by atoms with E-state index >= 15 is 0 Å². The summed E-state index contributed by atoms with van der Waals surface area (Å²) in [6.45, 7) is 6.02. The van der Waals surface area contributed by atoms with Gasteiger partial charge in [-0.25, -0.2) is 5.32 Å². The van der Waals surface area contributed by atoms with Gasteiger partial charge < -0.3 is 5.11 Å². The zero-order valence-electron chi connectivity index (χ0n) is 8.94. The summed E-state index contributed by atoms with van der Waals surface area (Å²) in [6, 6.07) is 0.706. The normalized spacial score (nSPS) is 19.1. The third-order valence-corrected chi connectivity index (χ3v) is 2.69. The second kappa shape index (κ2) is 5.32. The van der Waals surface area contributed by atoms with Crippen molar-refractivity contribution < 1.29 is 9.90 Å². The van der Waals surface area contributed by atoms with Gasteiger partial charge in [0.25, 0.3) is 0 Å². The number of nitrogens with zero attached hydrogens (tertiary/aromatic N) is 2. The van der Waals surface area contributed by atoms with Crippen molar-refractivity contribution in [1.29, 1.82) is 0 Å². The van der Waals surface area contributed by atoms with E-state index in [9.17, 15) is 4.79 Å². The molecule has 1 radical (unpaired) electrons. The lowest BCUT2D eigenvalue weighted by Gasteiger charge is -2.35. The molecule has 4 nitrogen and oxygen atoms in total. The van der Waals surface area contributed by atoms with Crippen LogP contribution in [0.15, 0.2) is 0 Å². The smallest absolute Gasteiger partial charge is 0.317 e. The topological polar surface area (TPSA) is 54.6 Å². The van der Waals surface area contributed by atoms with E-state index in [0.29, 0.717) is 12.1 Å². The molecule has 0 spiro atoms. The Kier molecular flexibility index (Phi) is 4.35. The molecule has 0 aromatic rings. The number of hydrogen-bond acceptors (Lipinski definition) is 2. The van der Waals surface area contributed by atoms with Crippen LogP contribution in [0.3, 0.4) is 0 Å². The number of hydrogen-bond donors (Lipinski definition) is 1. The predicted molar refractivity (Wildman–Crippen MR) is 54.4 cm³/mol. The van der Waals surface area contributed by atoms with E-state index in [0.717, 1.165) is 25.9 Å². The van der Waals surface area contributed by atoms with Crippen molar-refractivity contribution in [2.24, 2.45) is 0 Å². The molecule has 0 amide bonds. The Balaban J connectivity index is 2.51. The lowest BCUT2D eigenvalue weighted by molar-refractivity contribution is -0.139. The summed E-state index contributed by atoms with van der Waals surface area (Å²) in [6.07, 6.45) is 2.01. The van der Waals surface area contributed by atoms with Gasteiger partial charge in [0.1, 0.15) is 0 Å². The Bertz CT molecular complexity index is 189. The van der Waals surface area contributed by atoms with Crippen LogP contribution in [0, 0.1) is 0 Å². The highest BCUT2D eigenvalue weighted by molar-refractivity contribution is 5.69. The Hall–Kier alpha value is -0.610. The molecule has 0 saturated carbocycles. The zero-order chi connectivity index (χ0) is 10.6. The third kappa shape index (κ3) is 3.27. The van der Waals surface area contributed by atoms with E-state index in [1.54, 1.807) is 0 Å². The SMILES string of the molecule is CC(C)N(CC(=O)O)C1CC[N]CC1. The van der Waals surface area contributed by atoms with Crippen LogP contribution in [0.25, 0.3) is 0 Å². The van der Waals surface area contributed by atoms with E-state index in [2.05, 4.69) is 24.1 Å². The molecule has 0 aromatic heterocycles. The van der Waals surface area contributed by atoms with Crippen molar-refractivity contribution in [1.82, 2.24) is 10.2 Å². The van der Waals surface area contributed by atoms with Crippen LogP contribution in [0.4, 0.5) is 0 Å². The average Bonchev–Trinajstić information content (AvgIpc) is 2.15. The van der Waals surface area contributed by atoms with Crippen LogP contribution in [0.2, 0.25) is 0 Å². The van der Waals surface area contributed by atoms with Crippen molar-refractivity contribution in [3.8, 4) is 0 Å². The zero-order valence-corrected chi connectivity index (χ0v) is 8.94. The van der Waals surface area contributed by atoms with Crippen molar-refractivity contribution in [2.45, 2.75) is 38.8 Å². The molecular weight excluding hydrogens is 180 g/mol. The molecule has 0 atom stereocenters. The van der Waals surface area contributed by atoms with Crippen molar-refractivity contribution in [3.63, 3.8) is 0 Å². The third-order valence-electron chi connectivity index (χ3n) is 2.69. The molecule has 1 aliphatic heterocycles. The minimum Gasteiger partial charge on any atom is -0.480 e. The predicted octanol–water partition coefficient (Wildman–Crippen LogP) is 0.548. The van der Waals surface area contributed by atoms with Gasteiger partial charge in [-0.15, -0.1) is 0 Å². The molecule has 1 rings (SSSR count). The Labute approximate surface area is 85.3 Å². The molecule has 0 bridgehead atoms. The number of carboxylic acid groups (broad SMARTS) is 1. The Morgan fingerprint density at radius 1 is 1.50 bits per heavy atom. The molecular formula is C10H19N2O2. The molecule has 81 valence electrons. The van der Waals surface area contributed by atoms with Gasteiger partial charge in [-0.2, -0.15) is 0 Å². The van der Waals surface area contributed by atoms with Gasteiger partial charge in [0.15, 0.2) is 0 Å². The highest BCUT2D eigenvalue weighted by Gasteiger charge is 2.24. The van der Waals surface area contributed by atoms with Gasteiger partial charge >= 0.3 is 5.97 Å². The molecule has 0 unspecified atom stereocenters. The maximum atomic E-state index is 10.7. The largest absolute Gasteiger partial charge is 0.480 e. The van der Waals surface area contributed by atoms with E-state index < -0.39 is 5.97 Å². The fourth-order valence-corrected chi connectivity index (χ4v) is 1.96. The fourth-order valence-electron chi connectivity index (χ4n) is 1.96. The van der Waals surface area contributed by atoms with Crippen molar-refractivity contribution >= 4 is 5.97 Å². The van der Waals surface area contributed by atoms with Gasteiger partial charge in [-0.05, 0) is 26.7 Å². The highest BCUT2D eigenvalue weighted by atomic mass is 16.4. The molecule has 1 saturated heterocycles. The first-order valence-corrected chi connectivity index (χ1v) is 5.22. The van der Waals surface area contributed by atoms with Gasteiger partial charge in [0.2, 0.25) is 0 Å². The summed E-state index contributed by atoms with van der Waals surface area (Å²) in [5.74, 6) is -0.735. The first-order valence-electron chi connectivity index (χ1n) is 5.22. The summed E-state index contributed by atoms with van der Waals surface area (Å²) in [4.78, 5) is 12.8. The standard InChI is InChI=1S/C10H19N2O2/c1-8(2)12(7-10(13)14)9-3-5-11-6-4-9/h8-9H,3-7H2,1-2H3,(H,13,14). The summed E-state index contributed by atoms with van der Waals surface area (Å²) in [5.41, 5.74) is 0. The quantitative estimate of drug-likeness (QED) is 0.719. The van der Waals surface area contributed by atoms with Crippen molar-refractivity contribution in [3.05, 3.63) is 0 Å². The summed E-state index contributed by atoms with van der Waals surface area (Å²) >= 11 is 0. The van der Waals surface area contributed by atoms with Crippen LogP contribution in [0.1, 0.15) is 26.7 Å². The monoisotopic (exact) mass is 199 g/mol. The molecule has 4 heteroatoms. The first kappa shape index (κ1) is 11.5. The van der Waals surface area contributed by atoms with Gasteiger partial charge in [-0.3, -0.25) is 9.69 Å². The lowest BCUT2D eigenvalue weighted by Crippen LogP contribution is -2.47. The first-order chi connectivity index (χ1) is 6.61. The average molecular weight is 199 g/mol. The molecule has 0 aliphatic carbocycles. The number of carbonyl (C=O) groups is 1. The summed E-state index contributed by atoms with van der Waals surface area (Å²) in [7, 11) is 0. The van der Waals surface area contributed by atoms with E-state index in [1.165, 1.54) is 0 Å². The van der Waals surface area contributed by atoms with Gasteiger partial charge in [0.05, 0.1) is 6.54 Å². The van der Waals surface area contributed by atoms with E-state index in [1.807, 2.05) is 0 Å². The van der Waals surface area contributed by atoms with E-state index in [4.69, 9.17) is 5.11 Å². The molecule has 0 aromatic carbocycles. The fraction of sp³-hybridized carbons (Fsp3) is 0.900. The number of carboxylic acids is 1. The van der Waals surface area contributed by atoms with Crippen LogP contribution in [-0.2, 0) is 4.79 Å². The van der Waals surface area contributed by atoms with Gasteiger partial charge in [-0.1, -0.05) is 0 Å². The number of aliphatic carboxylic acids is 1. The highest BCUT2D eigenvalue weighted by Crippen LogP contribution is 2.15. The van der Waals surface area contributed by atoms with Crippen LogP contribution < -0.4 is 5.32 Å². The Morgan fingerprint density at radius 2 is 2.07 bits per heavy atom. The number of piperidine rings is 1. The maximum Gasteiger partial charge on any atom is 0.317 e. The molecule has 1 N–H and O–H groups in total.